The largest absolute Gasteiger partial charge is 0.417 e. The number of carbonyl (C=O) groups excluding carboxylic acids is 2. The van der Waals surface area contributed by atoms with Crippen molar-refractivity contribution in [3.63, 3.8) is 0 Å². The van der Waals surface area contributed by atoms with Crippen LogP contribution >= 0.6 is 11.6 Å². The average Bonchev–Trinajstić information content (AvgIpc) is 3.16. The molecule has 2 aromatic rings. The van der Waals surface area contributed by atoms with Crippen LogP contribution < -0.4 is 5.32 Å². The van der Waals surface area contributed by atoms with E-state index in [4.69, 9.17) is 11.6 Å². The summed E-state index contributed by atoms with van der Waals surface area (Å²) in [7, 11) is 0. The summed E-state index contributed by atoms with van der Waals surface area (Å²) in [5.74, 6) is -7.98. The van der Waals surface area contributed by atoms with Gasteiger partial charge in [0.05, 0.1) is 17.5 Å². The summed E-state index contributed by atoms with van der Waals surface area (Å²) in [6.45, 7) is -2.76. The standard InChI is InChI=1S/C25H16ClF13N2O3/c26-14-4-11(8-22(28,29)30)3-13(5-14)16(24(34,35)36)7-18(27)12-1-2-15(17(6-12)25(37,38)39)20(42)40-19-9-44-41(21(19)43)10-23(31,32)33/h1-7,16,19H,8-10H2,(H,40,42)/b18-7-/t16?,19-/m1/s1. The fourth-order valence-corrected chi connectivity index (χ4v) is 4.30. The van der Waals surface area contributed by atoms with Gasteiger partial charge in [0.1, 0.15) is 30.9 Å². The molecule has 44 heavy (non-hydrogen) atoms. The molecule has 1 fully saturated rings. The predicted octanol–water partition coefficient (Wildman–Crippen LogP) is 7.55. The van der Waals surface area contributed by atoms with Gasteiger partial charge in [-0.15, -0.1) is 0 Å². The number of benzene rings is 2. The fourth-order valence-electron chi connectivity index (χ4n) is 4.04. The molecule has 0 bridgehead atoms. The van der Waals surface area contributed by atoms with Crippen LogP contribution in [0.4, 0.5) is 57.1 Å². The predicted molar refractivity (Wildman–Crippen MR) is 126 cm³/mol. The minimum absolute atomic E-state index is 0.0375. The van der Waals surface area contributed by atoms with Crippen LogP contribution in [0.5, 0.6) is 0 Å². The first-order valence-electron chi connectivity index (χ1n) is 11.8. The van der Waals surface area contributed by atoms with Crippen molar-refractivity contribution in [1.82, 2.24) is 10.4 Å². The number of hydroxylamine groups is 2. The number of alkyl halides is 12. The number of allylic oxidation sites excluding steroid dienone is 1. The van der Waals surface area contributed by atoms with Crippen molar-refractivity contribution in [3.8, 4) is 0 Å². The lowest BCUT2D eigenvalue weighted by Crippen LogP contribution is -2.44. The van der Waals surface area contributed by atoms with Crippen LogP contribution in [0.3, 0.4) is 0 Å². The molecule has 0 aromatic heterocycles. The number of rotatable bonds is 7. The molecule has 0 spiro atoms. The van der Waals surface area contributed by atoms with Crippen LogP contribution in [0.15, 0.2) is 42.5 Å². The van der Waals surface area contributed by atoms with Gasteiger partial charge in [-0.2, -0.15) is 52.7 Å². The van der Waals surface area contributed by atoms with Crippen molar-refractivity contribution < 1.29 is 71.5 Å². The Balaban J connectivity index is 1.96. The SMILES string of the molecule is O=C(N[C@@H]1CON(CC(F)(F)F)C1=O)c1ccc(/C(F)=C/C(c2cc(Cl)cc(CC(F)(F)F)c2)C(F)(F)F)cc1C(F)(F)F. The van der Waals surface area contributed by atoms with E-state index in [9.17, 15) is 62.3 Å². The maximum Gasteiger partial charge on any atom is 0.417 e. The zero-order valence-electron chi connectivity index (χ0n) is 21.3. The van der Waals surface area contributed by atoms with Gasteiger partial charge in [-0.25, -0.2) is 9.45 Å². The molecule has 19 heteroatoms. The van der Waals surface area contributed by atoms with E-state index in [2.05, 4.69) is 4.84 Å². The second-order valence-electron chi connectivity index (χ2n) is 9.29. The Morgan fingerprint density at radius 2 is 1.61 bits per heavy atom. The Hall–Kier alpha value is -3.54. The van der Waals surface area contributed by atoms with Gasteiger partial charge in [0.25, 0.3) is 11.8 Å². The van der Waals surface area contributed by atoms with E-state index in [1.165, 1.54) is 0 Å². The first-order chi connectivity index (χ1) is 19.9. The second kappa shape index (κ2) is 12.5. The normalized spacial score (nSPS) is 17.7. The molecule has 1 aliphatic rings. The van der Waals surface area contributed by atoms with Gasteiger partial charge in [0, 0.05) is 10.6 Å². The molecule has 2 atom stereocenters. The number of hydrogen-bond acceptors (Lipinski definition) is 3. The van der Waals surface area contributed by atoms with E-state index in [-0.39, 0.29) is 17.2 Å². The lowest BCUT2D eigenvalue weighted by atomic mass is 9.93. The number of carbonyl (C=O) groups is 2. The Morgan fingerprint density at radius 1 is 0.977 bits per heavy atom. The number of hydrogen-bond donors (Lipinski definition) is 1. The van der Waals surface area contributed by atoms with Gasteiger partial charge in [0.15, 0.2) is 0 Å². The molecule has 1 aliphatic heterocycles. The maximum absolute atomic E-state index is 15.1. The summed E-state index contributed by atoms with van der Waals surface area (Å²) in [6.07, 6.45) is -22.4. The quantitative estimate of drug-likeness (QED) is 0.309. The molecule has 1 heterocycles. The molecular formula is C25H16ClF13N2O3. The number of nitrogens with zero attached hydrogens (tertiary/aromatic N) is 1. The van der Waals surface area contributed by atoms with E-state index >= 15 is 4.39 Å². The minimum Gasteiger partial charge on any atom is -0.338 e. The van der Waals surface area contributed by atoms with Crippen molar-refractivity contribution in [1.29, 1.82) is 0 Å². The number of nitrogens with one attached hydrogen (secondary N) is 1. The molecule has 5 nitrogen and oxygen atoms in total. The minimum atomic E-state index is -5.44. The van der Waals surface area contributed by atoms with Crippen LogP contribution in [-0.4, -0.2) is 54.6 Å². The molecule has 3 rings (SSSR count). The van der Waals surface area contributed by atoms with Crippen LogP contribution in [-0.2, 0) is 22.2 Å². The Labute approximate surface area is 243 Å². The zero-order valence-corrected chi connectivity index (χ0v) is 22.0. The Kier molecular flexibility index (Phi) is 9.89. The van der Waals surface area contributed by atoms with E-state index in [0.29, 0.717) is 24.3 Å². The zero-order chi connectivity index (χ0) is 33.4. The number of halogens is 14. The van der Waals surface area contributed by atoms with E-state index in [1.807, 2.05) is 0 Å². The van der Waals surface area contributed by atoms with Crippen molar-refractivity contribution in [2.75, 3.05) is 13.2 Å². The summed E-state index contributed by atoms with van der Waals surface area (Å²) >= 11 is 5.66. The van der Waals surface area contributed by atoms with Crippen molar-refractivity contribution in [2.24, 2.45) is 0 Å². The van der Waals surface area contributed by atoms with Crippen molar-refractivity contribution in [3.05, 3.63) is 75.3 Å². The monoisotopic (exact) mass is 674 g/mol. The molecule has 1 N–H and O–H groups in total. The third kappa shape index (κ3) is 9.23. The van der Waals surface area contributed by atoms with Gasteiger partial charge in [-0.05, 0) is 41.5 Å². The van der Waals surface area contributed by atoms with Gasteiger partial charge in [-0.1, -0.05) is 23.7 Å². The molecule has 2 aromatic carbocycles. The molecule has 2 amide bonds. The summed E-state index contributed by atoms with van der Waals surface area (Å²) < 4.78 is 174. The Bertz CT molecular complexity index is 1430. The summed E-state index contributed by atoms with van der Waals surface area (Å²) in [5, 5.41) is 1.02. The lowest BCUT2D eigenvalue weighted by Gasteiger charge is -2.20. The highest BCUT2D eigenvalue weighted by atomic mass is 35.5. The highest BCUT2D eigenvalue weighted by Gasteiger charge is 2.43. The fraction of sp³-hybridized carbons (Fsp3) is 0.360. The van der Waals surface area contributed by atoms with Gasteiger partial charge in [0.2, 0.25) is 0 Å². The third-order valence-corrected chi connectivity index (χ3v) is 6.04. The van der Waals surface area contributed by atoms with Crippen molar-refractivity contribution >= 4 is 29.2 Å². The lowest BCUT2D eigenvalue weighted by molar-refractivity contribution is -0.214. The maximum atomic E-state index is 15.1. The van der Waals surface area contributed by atoms with E-state index in [1.54, 1.807) is 5.32 Å². The van der Waals surface area contributed by atoms with Gasteiger partial charge in [-0.3, -0.25) is 14.4 Å². The average molecular weight is 675 g/mol. The molecule has 0 saturated carbocycles. The Morgan fingerprint density at radius 3 is 2.16 bits per heavy atom. The molecule has 0 radical (unpaired) electrons. The van der Waals surface area contributed by atoms with Gasteiger partial charge >= 0.3 is 24.7 Å². The molecule has 1 unspecified atom stereocenters. The summed E-state index contributed by atoms with van der Waals surface area (Å²) in [4.78, 5) is 29.1. The molecular weight excluding hydrogens is 659 g/mol. The summed E-state index contributed by atoms with van der Waals surface area (Å²) in [5.41, 5.74) is -5.94. The molecule has 0 aliphatic carbocycles. The van der Waals surface area contributed by atoms with Crippen LogP contribution in [0, 0.1) is 0 Å². The first kappa shape index (κ1) is 34.9. The topological polar surface area (TPSA) is 58.6 Å². The summed E-state index contributed by atoms with van der Waals surface area (Å²) in [6, 6.07) is 0.725. The number of amides is 2. The van der Waals surface area contributed by atoms with Crippen molar-refractivity contribution in [2.45, 2.75) is 43.1 Å². The smallest absolute Gasteiger partial charge is 0.338 e. The van der Waals surface area contributed by atoms with Crippen LogP contribution in [0.1, 0.15) is 38.5 Å². The van der Waals surface area contributed by atoms with E-state index in [0.717, 1.165) is 6.07 Å². The molecule has 242 valence electrons. The highest BCUT2D eigenvalue weighted by molar-refractivity contribution is 6.30. The van der Waals surface area contributed by atoms with E-state index < -0.39 is 107 Å². The molecule has 1 saturated heterocycles. The second-order valence-corrected chi connectivity index (χ2v) is 9.73. The first-order valence-corrected chi connectivity index (χ1v) is 12.2. The van der Waals surface area contributed by atoms with Crippen LogP contribution in [0.25, 0.3) is 5.83 Å². The van der Waals surface area contributed by atoms with Crippen LogP contribution in [0.2, 0.25) is 5.02 Å². The highest BCUT2D eigenvalue weighted by Crippen LogP contribution is 2.41. The van der Waals surface area contributed by atoms with Gasteiger partial charge < -0.3 is 5.32 Å². The third-order valence-electron chi connectivity index (χ3n) is 5.82.